The highest BCUT2D eigenvalue weighted by atomic mass is 35.5. The molecule has 0 bridgehead atoms. The molecule has 2 heterocycles. The number of hydrogen-bond donors (Lipinski definition) is 2. The van der Waals surface area contributed by atoms with Crippen LogP contribution in [0.1, 0.15) is 29.9 Å². The Morgan fingerprint density at radius 2 is 2.15 bits per heavy atom. The lowest BCUT2D eigenvalue weighted by atomic mass is 9.96. The quantitative estimate of drug-likeness (QED) is 0.619. The summed E-state index contributed by atoms with van der Waals surface area (Å²) in [5, 5.41) is 4.42. The summed E-state index contributed by atoms with van der Waals surface area (Å²) in [4.78, 5) is 13.6. The molecule has 0 radical (unpaired) electrons. The van der Waals surface area contributed by atoms with E-state index in [0.717, 1.165) is 43.8 Å². The van der Waals surface area contributed by atoms with Crippen LogP contribution in [0.3, 0.4) is 0 Å². The number of likely N-dealkylation sites (tertiary alicyclic amines) is 1. The van der Waals surface area contributed by atoms with Gasteiger partial charge in [0.2, 0.25) is 5.91 Å². The van der Waals surface area contributed by atoms with Crippen molar-refractivity contribution in [1.29, 1.82) is 0 Å². The highest BCUT2D eigenvalue weighted by Gasteiger charge is 2.27. The average molecular weight is 379 g/mol. The van der Waals surface area contributed by atoms with Gasteiger partial charge in [-0.25, -0.2) is 9.82 Å². The van der Waals surface area contributed by atoms with Crippen LogP contribution in [-0.2, 0) is 11.3 Å². The first-order chi connectivity index (χ1) is 12.5. The van der Waals surface area contributed by atoms with Crippen molar-refractivity contribution in [2.24, 2.45) is 11.0 Å². The molecule has 2 N–H and O–H groups in total. The van der Waals surface area contributed by atoms with E-state index >= 15 is 0 Å². The lowest BCUT2D eigenvalue weighted by Gasteiger charge is -2.28. The summed E-state index contributed by atoms with van der Waals surface area (Å²) in [7, 11) is 0. The summed E-state index contributed by atoms with van der Waals surface area (Å²) in [5.74, 6) is 0.975. The van der Waals surface area contributed by atoms with Gasteiger partial charge in [-0.1, -0.05) is 11.6 Å². The number of furan rings is 1. The van der Waals surface area contributed by atoms with Gasteiger partial charge >= 0.3 is 0 Å². The zero-order valence-corrected chi connectivity index (χ0v) is 15.4. The Morgan fingerprint density at radius 3 is 2.81 bits per heavy atom. The van der Waals surface area contributed by atoms with Gasteiger partial charge in [0.1, 0.15) is 23.9 Å². The highest BCUT2D eigenvalue weighted by molar-refractivity contribution is 6.31. The van der Waals surface area contributed by atoms with E-state index in [4.69, 9.17) is 16.0 Å². The maximum Gasteiger partial charge on any atom is 0.243 e. The summed E-state index contributed by atoms with van der Waals surface area (Å²) in [6.07, 6.45) is 3.08. The lowest BCUT2D eigenvalue weighted by molar-refractivity contribution is -0.919. The fourth-order valence-electron chi connectivity index (χ4n) is 3.17. The maximum absolute atomic E-state index is 13.1. The molecule has 2 aromatic rings. The Balaban J connectivity index is 1.45. The summed E-state index contributed by atoms with van der Waals surface area (Å²) in [6.45, 7) is 4.33. The van der Waals surface area contributed by atoms with Crippen molar-refractivity contribution < 1.29 is 18.5 Å². The smallest absolute Gasteiger partial charge is 0.243 e. The van der Waals surface area contributed by atoms with Gasteiger partial charge in [-0.05, 0) is 37.3 Å². The Kier molecular flexibility index (Phi) is 6.06. The van der Waals surface area contributed by atoms with Crippen molar-refractivity contribution in [3.05, 3.63) is 58.3 Å². The Hall–Kier alpha value is -2.18. The molecule has 0 spiro atoms. The molecular formula is C19H22ClFN3O2+. The zero-order valence-electron chi connectivity index (χ0n) is 14.6. The van der Waals surface area contributed by atoms with Gasteiger partial charge in [0.15, 0.2) is 0 Å². The van der Waals surface area contributed by atoms with E-state index < -0.39 is 0 Å². The molecule has 1 amide bonds. The monoisotopic (exact) mass is 378 g/mol. The Labute approximate surface area is 156 Å². The number of halogens is 2. The molecule has 1 aliphatic rings. The minimum Gasteiger partial charge on any atom is -0.460 e. The Bertz CT molecular complexity index is 798. The second kappa shape index (κ2) is 8.47. The van der Waals surface area contributed by atoms with Gasteiger partial charge in [0.25, 0.3) is 0 Å². The van der Waals surface area contributed by atoms with E-state index in [1.807, 2.05) is 13.0 Å². The second-order valence-electron chi connectivity index (χ2n) is 6.62. The van der Waals surface area contributed by atoms with E-state index in [0.29, 0.717) is 10.8 Å². The second-order valence-corrected chi connectivity index (χ2v) is 7.03. The van der Waals surface area contributed by atoms with Crippen LogP contribution in [0.5, 0.6) is 0 Å². The molecule has 0 atom stereocenters. The number of hydrogen-bond acceptors (Lipinski definition) is 3. The molecule has 1 fully saturated rings. The summed E-state index contributed by atoms with van der Waals surface area (Å²) >= 11 is 6.10. The third-order valence-corrected chi connectivity index (χ3v) is 5.00. The first-order valence-corrected chi connectivity index (χ1v) is 9.06. The number of carbonyl (C=O) groups is 1. The predicted molar refractivity (Wildman–Crippen MR) is 97.7 cm³/mol. The van der Waals surface area contributed by atoms with Gasteiger partial charge < -0.3 is 9.32 Å². The summed E-state index contributed by atoms with van der Waals surface area (Å²) in [5.41, 5.74) is 3.52. The van der Waals surface area contributed by atoms with Crippen LogP contribution in [0.2, 0.25) is 5.02 Å². The molecule has 138 valence electrons. The fraction of sp³-hybridized carbons (Fsp3) is 0.368. The molecule has 26 heavy (non-hydrogen) atoms. The van der Waals surface area contributed by atoms with Crippen molar-refractivity contribution >= 4 is 23.7 Å². The van der Waals surface area contributed by atoms with Gasteiger partial charge in [-0.15, -0.1) is 0 Å². The molecule has 1 aliphatic heterocycles. The number of hydrazone groups is 1. The van der Waals surface area contributed by atoms with Crippen LogP contribution < -0.4 is 10.3 Å². The first kappa shape index (κ1) is 18.6. The van der Waals surface area contributed by atoms with Crippen LogP contribution in [0, 0.1) is 18.7 Å². The van der Waals surface area contributed by atoms with E-state index in [9.17, 15) is 9.18 Å². The van der Waals surface area contributed by atoms with Crippen molar-refractivity contribution in [3.8, 4) is 0 Å². The van der Waals surface area contributed by atoms with Crippen molar-refractivity contribution in [3.63, 3.8) is 0 Å². The molecule has 0 saturated carbocycles. The third-order valence-electron chi connectivity index (χ3n) is 4.65. The van der Waals surface area contributed by atoms with Gasteiger partial charge in [-0.3, -0.25) is 4.79 Å². The fourth-order valence-corrected chi connectivity index (χ4v) is 3.41. The van der Waals surface area contributed by atoms with Crippen molar-refractivity contribution in [1.82, 2.24) is 5.43 Å². The van der Waals surface area contributed by atoms with E-state index in [2.05, 4.69) is 10.5 Å². The molecule has 1 aromatic heterocycles. The van der Waals surface area contributed by atoms with E-state index in [1.165, 1.54) is 23.2 Å². The molecule has 7 heteroatoms. The molecule has 0 aliphatic carbocycles. The number of carbonyl (C=O) groups excluding carboxylic acids is 1. The summed E-state index contributed by atoms with van der Waals surface area (Å²) in [6, 6.07) is 8.14. The van der Waals surface area contributed by atoms with Gasteiger partial charge in [0, 0.05) is 18.4 Å². The van der Waals surface area contributed by atoms with E-state index in [1.54, 1.807) is 12.1 Å². The number of quaternary nitrogens is 1. The molecule has 1 aromatic carbocycles. The number of aryl methyl sites for hydroxylation is 1. The lowest BCUT2D eigenvalue weighted by Crippen LogP contribution is -3.11. The average Bonchev–Trinajstić information content (AvgIpc) is 3.03. The maximum atomic E-state index is 13.1. The zero-order chi connectivity index (χ0) is 18.5. The number of rotatable bonds is 5. The Morgan fingerprint density at radius 1 is 1.38 bits per heavy atom. The molecule has 3 rings (SSSR count). The predicted octanol–water partition coefficient (Wildman–Crippen LogP) is 2.33. The number of benzene rings is 1. The molecule has 1 saturated heterocycles. The van der Waals surface area contributed by atoms with Gasteiger partial charge in [0.05, 0.1) is 30.2 Å². The molecule has 5 nitrogen and oxygen atoms in total. The number of amides is 1. The van der Waals surface area contributed by atoms with Crippen LogP contribution in [0.25, 0.3) is 0 Å². The minimum absolute atomic E-state index is 0.0436. The molecular weight excluding hydrogens is 357 g/mol. The summed E-state index contributed by atoms with van der Waals surface area (Å²) < 4.78 is 18.5. The normalized spacial score (nSPS) is 20.4. The van der Waals surface area contributed by atoms with Crippen LogP contribution in [0.15, 0.2) is 39.9 Å². The minimum atomic E-state index is -0.325. The number of nitrogens with zero attached hydrogens (tertiary/aromatic N) is 1. The van der Waals surface area contributed by atoms with Crippen LogP contribution in [-0.4, -0.2) is 25.2 Å². The van der Waals surface area contributed by atoms with Crippen molar-refractivity contribution in [2.45, 2.75) is 26.3 Å². The topological polar surface area (TPSA) is 59.0 Å². The largest absolute Gasteiger partial charge is 0.460 e. The number of nitrogens with one attached hydrogen (secondary N) is 2. The van der Waals surface area contributed by atoms with Crippen molar-refractivity contribution in [2.75, 3.05) is 13.1 Å². The SMILES string of the molecule is Cc1ccc(C=NNC(=O)C2CC[NH+](Cc3ccc(F)cc3Cl)CC2)o1. The van der Waals surface area contributed by atoms with E-state index in [-0.39, 0.29) is 17.6 Å². The highest BCUT2D eigenvalue weighted by Crippen LogP contribution is 2.17. The standard InChI is InChI=1S/C19H21ClFN3O2/c1-13-2-5-17(26-13)11-22-23-19(25)14-6-8-24(9-7-14)12-15-3-4-16(21)10-18(15)20/h2-5,10-11,14H,6-9,12H2,1H3,(H,23,25)/p+1. The third kappa shape index (κ3) is 4.93. The van der Waals surface area contributed by atoms with Crippen LogP contribution in [0.4, 0.5) is 4.39 Å². The van der Waals surface area contributed by atoms with Gasteiger partial charge in [-0.2, -0.15) is 5.10 Å². The number of piperidine rings is 1. The first-order valence-electron chi connectivity index (χ1n) is 8.68. The van der Waals surface area contributed by atoms with Crippen LogP contribution >= 0.6 is 11.6 Å². The molecule has 0 unspecified atom stereocenters.